The second-order valence-electron chi connectivity index (χ2n) is 6.77. The molecule has 1 aliphatic carbocycles. The standard InChI is InChI=1S/C22H17N3O2S/c26-13-14-7-9-16(10-8-14)27-21-19-17-5-1-2-6-18(17)28-22(19)25-20(24-21)15-4-3-11-23-12-15/h3-4,7-13H,1-2,5-6H2. The van der Waals surface area contributed by atoms with Crippen molar-refractivity contribution in [3.05, 3.63) is 64.8 Å². The van der Waals surface area contributed by atoms with E-state index in [1.165, 1.54) is 23.3 Å². The molecule has 1 aliphatic rings. The number of carbonyl (C=O) groups excluding carboxylic acids is 1. The zero-order valence-electron chi connectivity index (χ0n) is 15.1. The van der Waals surface area contributed by atoms with E-state index in [-0.39, 0.29) is 0 Å². The number of hydrogen-bond donors (Lipinski definition) is 0. The molecule has 3 heterocycles. The largest absolute Gasteiger partial charge is 0.438 e. The van der Waals surface area contributed by atoms with Gasteiger partial charge in [-0.2, -0.15) is 4.98 Å². The third-order valence-corrected chi connectivity index (χ3v) is 6.12. The predicted molar refractivity (Wildman–Crippen MR) is 109 cm³/mol. The lowest BCUT2D eigenvalue weighted by molar-refractivity contribution is 0.112. The van der Waals surface area contributed by atoms with Gasteiger partial charge in [-0.15, -0.1) is 11.3 Å². The van der Waals surface area contributed by atoms with E-state index in [1.54, 1.807) is 48.0 Å². The Bertz CT molecular complexity index is 1150. The highest BCUT2D eigenvalue weighted by molar-refractivity contribution is 7.18. The van der Waals surface area contributed by atoms with Crippen LogP contribution < -0.4 is 4.74 Å². The molecule has 0 radical (unpaired) electrons. The van der Waals surface area contributed by atoms with Crippen LogP contribution in [0.15, 0.2) is 48.8 Å². The SMILES string of the molecule is O=Cc1ccc(Oc2nc(-c3cccnc3)nc3sc4c(c23)CCCC4)cc1. The number of rotatable bonds is 4. The summed E-state index contributed by atoms with van der Waals surface area (Å²) in [5.41, 5.74) is 2.80. The fourth-order valence-electron chi connectivity index (χ4n) is 3.55. The summed E-state index contributed by atoms with van der Waals surface area (Å²) in [5.74, 6) is 1.83. The molecule has 3 aromatic heterocycles. The van der Waals surface area contributed by atoms with Crippen LogP contribution in [-0.4, -0.2) is 21.2 Å². The highest BCUT2D eigenvalue weighted by Gasteiger charge is 2.22. The molecule has 0 spiro atoms. The monoisotopic (exact) mass is 387 g/mol. The van der Waals surface area contributed by atoms with Gasteiger partial charge in [-0.1, -0.05) is 0 Å². The lowest BCUT2D eigenvalue weighted by atomic mass is 9.97. The lowest BCUT2D eigenvalue weighted by Gasteiger charge is -2.13. The number of benzene rings is 1. The molecule has 1 aromatic carbocycles. The summed E-state index contributed by atoms with van der Waals surface area (Å²) in [7, 11) is 0. The Hall–Kier alpha value is -3.12. The van der Waals surface area contributed by atoms with Gasteiger partial charge in [0.1, 0.15) is 16.9 Å². The number of carbonyl (C=O) groups is 1. The number of fused-ring (bicyclic) bond motifs is 3. The second kappa shape index (κ2) is 7.13. The molecule has 0 aliphatic heterocycles. The summed E-state index contributed by atoms with van der Waals surface area (Å²) >= 11 is 1.74. The maximum absolute atomic E-state index is 10.9. The predicted octanol–water partition coefficient (Wildman–Crippen LogP) is 5.24. The maximum Gasteiger partial charge on any atom is 0.231 e. The van der Waals surface area contributed by atoms with Crippen molar-refractivity contribution >= 4 is 27.8 Å². The lowest BCUT2D eigenvalue weighted by Crippen LogP contribution is -2.00. The summed E-state index contributed by atoms with van der Waals surface area (Å²) < 4.78 is 6.20. The van der Waals surface area contributed by atoms with E-state index in [1.807, 2.05) is 12.1 Å². The van der Waals surface area contributed by atoms with E-state index in [4.69, 9.17) is 14.7 Å². The summed E-state index contributed by atoms with van der Waals surface area (Å²) in [6.07, 6.45) is 8.83. The summed E-state index contributed by atoms with van der Waals surface area (Å²) in [6, 6.07) is 10.9. The van der Waals surface area contributed by atoms with Crippen molar-refractivity contribution in [2.24, 2.45) is 0 Å². The van der Waals surface area contributed by atoms with Gasteiger partial charge in [0.15, 0.2) is 5.82 Å². The van der Waals surface area contributed by atoms with Crippen molar-refractivity contribution in [1.29, 1.82) is 0 Å². The van der Waals surface area contributed by atoms with Gasteiger partial charge in [-0.25, -0.2) is 4.98 Å². The molecule has 138 valence electrons. The first-order chi connectivity index (χ1) is 13.8. The van der Waals surface area contributed by atoms with E-state index in [0.29, 0.717) is 23.0 Å². The molecule has 0 bridgehead atoms. The van der Waals surface area contributed by atoms with Gasteiger partial charge in [-0.05, 0) is 67.6 Å². The molecule has 0 N–H and O–H groups in total. The van der Waals surface area contributed by atoms with Gasteiger partial charge in [0.05, 0.1) is 5.39 Å². The number of hydrogen-bond acceptors (Lipinski definition) is 6. The molecule has 5 nitrogen and oxygen atoms in total. The van der Waals surface area contributed by atoms with Gasteiger partial charge >= 0.3 is 0 Å². The maximum atomic E-state index is 10.9. The fraction of sp³-hybridized carbons (Fsp3) is 0.182. The Kier molecular flexibility index (Phi) is 4.33. The smallest absolute Gasteiger partial charge is 0.231 e. The number of nitrogens with zero attached hydrogens (tertiary/aromatic N) is 3. The van der Waals surface area contributed by atoms with Crippen molar-refractivity contribution in [3.63, 3.8) is 0 Å². The van der Waals surface area contributed by atoms with E-state index in [2.05, 4.69) is 4.98 Å². The first kappa shape index (κ1) is 17.0. The zero-order valence-corrected chi connectivity index (χ0v) is 15.9. The van der Waals surface area contributed by atoms with Crippen LogP contribution in [-0.2, 0) is 12.8 Å². The highest BCUT2D eigenvalue weighted by atomic mass is 32.1. The fourth-order valence-corrected chi connectivity index (χ4v) is 4.80. The summed E-state index contributed by atoms with van der Waals surface area (Å²) in [6.45, 7) is 0. The van der Waals surface area contributed by atoms with E-state index >= 15 is 0 Å². The van der Waals surface area contributed by atoms with Crippen LogP contribution in [0.2, 0.25) is 0 Å². The number of thiophene rings is 1. The van der Waals surface area contributed by atoms with Gasteiger partial charge in [-0.3, -0.25) is 9.78 Å². The van der Waals surface area contributed by atoms with Crippen LogP contribution in [0, 0.1) is 0 Å². The zero-order chi connectivity index (χ0) is 18.9. The third-order valence-electron chi connectivity index (χ3n) is 4.93. The molecule has 0 saturated carbocycles. The minimum absolute atomic E-state index is 0.571. The second-order valence-corrected chi connectivity index (χ2v) is 7.86. The van der Waals surface area contributed by atoms with Crippen LogP contribution in [0.5, 0.6) is 11.6 Å². The molecule has 6 heteroatoms. The molecule has 28 heavy (non-hydrogen) atoms. The van der Waals surface area contributed by atoms with E-state index in [9.17, 15) is 4.79 Å². The van der Waals surface area contributed by atoms with E-state index in [0.717, 1.165) is 34.9 Å². The summed E-state index contributed by atoms with van der Waals surface area (Å²) in [5, 5.41) is 1.02. The van der Waals surface area contributed by atoms with Crippen molar-refractivity contribution in [1.82, 2.24) is 15.0 Å². The van der Waals surface area contributed by atoms with Crippen molar-refractivity contribution in [3.8, 4) is 23.0 Å². The van der Waals surface area contributed by atoms with Crippen LogP contribution in [0.25, 0.3) is 21.6 Å². The van der Waals surface area contributed by atoms with Crippen molar-refractivity contribution in [2.45, 2.75) is 25.7 Å². The van der Waals surface area contributed by atoms with Crippen LogP contribution in [0.3, 0.4) is 0 Å². The first-order valence-corrected chi connectivity index (χ1v) is 10.1. The Labute approximate surface area is 166 Å². The Morgan fingerprint density at radius 1 is 1.04 bits per heavy atom. The molecule has 0 fully saturated rings. The average Bonchev–Trinajstić information content (AvgIpc) is 3.13. The van der Waals surface area contributed by atoms with Gasteiger partial charge in [0.2, 0.25) is 5.88 Å². The molecule has 0 atom stereocenters. The molecule has 5 rings (SSSR count). The van der Waals surface area contributed by atoms with Crippen molar-refractivity contribution < 1.29 is 9.53 Å². The Morgan fingerprint density at radius 3 is 2.68 bits per heavy atom. The van der Waals surface area contributed by atoms with Crippen LogP contribution >= 0.6 is 11.3 Å². The third kappa shape index (κ3) is 3.05. The number of ether oxygens (including phenoxy) is 1. The van der Waals surface area contributed by atoms with Crippen molar-refractivity contribution in [2.75, 3.05) is 0 Å². The molecule has 0 amide bonds. The van der Waals surface area contributed by atoms with Crippen LogP contribution in [0.1, 0.15) is 33.6 Å². The molecular formula is C22H17N3O2S. The molecule has 0 unspecified atom stereocenters. The first-order valence-electron chi connectivity index (χ1n) is 9.27. The van der Waals surface area contributed by atoms with Crippen LogP contribution in [0.4, 0.5) is 0 Å². The topological polar surface area (TPSA) is 65.0 Å². The number of pyridine rings is 1. The Morgan fingerprint density at radius 2 is 1.89 bits per heavy atom. The van der Waals surface area contributed by atoms with Gasteiger partial charge in [0.25, 0.3) is 0 Å². The number of aromatic nitrogens is 3. The average molecular weight is 387 g/mol. The van der Waals surface area contributed by atoms with Gasteiger partial charge in [0, 0.05) is 28.4 Å². The minimum atomic E-state index is 0.571. The normalized spacial score (nSPS) is 13.3. The number of aryl methyl sites for hydroxylation is 2. The van der Waals surface area contributed by atoms with E-state index < -0.39 is 0 Å². The quantitative estimate of drug-likeness (QED) is 0.448. The molecule has 0 saturated heterocycles. The molecular weight excluding hydrogens is 370 g/mol. The number of aldehydes is 1. The Balaban J connectivity index is 1.67. The van der Waals surface area contributed by atoms with Gasteiger partial charge < -0.3 is 4.74 Å². The molecule has 4 aromatic rings. The minimum Gasteiger partial charge on any atom is -0.438 e. The highest BCUT2D eigenvalue weighted by Crippen LogP contribution is 2.41. The summed E-state index contributed by atoms with van der Waals surface area (Å²) in [4.78, 5) is 27.0.